The number of sulfone groups is 1. The minimum atomic E-state index is -4.17. The fourth-order valence-corrected chi connectivity index (χ4v) is 7.11. The Labute approximate surface area is 152 Å². The Morgan fingerprint density at radius 2 is 1.62 bits per heavy atom. The second kappa shape index (κ2) is 5.21. The summed E-state index contributed by atoms with van der Waals surface area (Å²) in [5.41, 5.74) is -0.283. The zero-order valence-electron chi connectivity index (χ0n) is 14.2. The highest BCUT2D eigenvalue weighted by atomic mass is 32.3. The van der Waals surface area contributed by atoms with Crippen molar-refractivity contribution in [2.24, 2.45) is 0 Å². The second-order valence-electron chi connectivity index (χ2n) is 6.81. The van der Waals surface area contributed by atoms with Gasteiger partial charge in [0.05, 0.1) is 0 Å². The van der Waals surface area contributed by atoms with Crippen molar-refractivity contribution in [1.82, 2.24) is 4.72 Å². The van der Waals surface area contributed by atoms with Crippen LogP contribution in [0.5, 0.6) is 5.75 Å². The van der Waals surface area contributed by atoms with Gasteiger partial charge < -0.3 is 10.1 Å². The predicted molar refractivity (Wildman–Crippen MR) is 97.9 cm³/mol. The smallest absolute Gasteiger partial charge is 0.228 e. The number of nitrogens with one attached hydrogen (secondary N) is 2. The molecule has 0 amide bonds. The molecule has 7 nitrogen and oxygen atoms in total. The van der Waals surface area contributed by atoms with Crippen LogP contribution >= 0.6 is 0 Å². The Morgan fingerprint density at radius 3 is 2.31 bits per heavy atom. The molecule has 0 aliphatic carbocycles. The van der Waals surface area contributed by atoms with Gasteiger partial charge in [-0.1, -0.05) is 36.4 Å². The number of benzene rings is 2. The fourth-order valence-electron chi connectivity index (χ4n) is 3.80. The Hall–Kier alpha value is -2.10. The zero-order chi connectivity index (χ0) is 18.8. The van der Waals surface area contributed by atoms with Gasteiger partial charge in [-0.25, -0.2) is 16.8 Å². The van der Waals surface area contributed by atoms with Crippen LogP contribution in [0.2, 0.25) is 0 Å². The number of anilines is 1. The molecule has 0 fully saturated rings. The molecule has 0 unspecified atom stereocenters. The summed E-state index contributed by atoms with van der Waals surface area (Å²) >= 11 is 0. The van der Waals surface area contributed by atoms with Crippen LogP contribution in [0.3, 0.4) is 0 Å². The summed E-state index contributed by atoms with van der Waals surface area (Å²) in [6.45, 7) is 1.79. The van der Waals surface area contributed by atoms with Gasteiger partial charge in [-0.2, -0.15) is 4.72 Å². The Balaban J connectivity index is 1.91. The maximum Gasteiger partial charge on any atom is 0.228 e. The number of hydrogen-bond acceptors (Lipinski definition) is 6. The van der Waals surface area contributed by atoms with E-state index in [9.17, 15) is 16.8 Å². The van der Waals surface area contributed by atoms with Crippen LogP contribution in [0.15, 0.2) is 48.5 Å². The number of fused-ring (bicyclic) bond motifs is 5. The van der Waals surface area contributed by atoms with E-state index in [0.29, 0.717) is 11.3 Å². The molecule has 2 N–H and O–H groups in total. The van der Waals surface area contributed by atoms with Crippen LogP contribution in [-0.4, -0.2) is 28.2 Å². The van der Waals surface area contributed by atoms with E-state index in [1.165, 1.54) is 0 Å². The van der Waals surface area contributed by atoms with Crippen molar-refractivity contribution in [2.75, 3.05) is 16.7 Å². The minimum absolute atomic E-state index is 0.541. The average Bonchev–Trinajstić information content (AvgIpc) is 2.88. The fraction of sp³-hybridized carbons (Fsp3) is 0.294. The van der Waals surface area contributed by atoms with Crippen molar-refractivity contribution >= 4 is 25.5 Å². The summed E-state index contributed by atoms with van der Waals surface area (Å²) in [5, 5.41) is 2.24. The maximum absolute atomic E-state index is 12.7. The van der Waals surface area contributed by atoms with Gasteiger partial charge in [0.25, 0.3) is 0 Å². The minimum Gasteiger partial charge on any atom is -0.478 e. The lowest BCUT2D eigenvalue weighted by Gasteiger charge is -2.37. The van der Waals surface area contributed by atoms with Crippen LogP contribution in [0.4, 0.5) is 5.69 Å². The first-order valence-electron chi connectivity index (χ1n) is 7.92. The molecule has 0 aromatic heterocycles. The molecule has 0 saturated carbocycles. The van der Waals surface area contributed by atoms with Gasteiger partial charge in [0.1, 0.15) is 5.75 Å². The number of hydrogen-bond donors (Lipinski definition) is 2. The molecule has 2 aromatic rings. The van der Waals surface area contributed by atoms with Crippen molar-refractivity contribution in [3.8, 4) is 5.75 Å². The molecular weight excluding hydrogens is 376 g/mol. The number of para-hydroxylation sites is 2. The molecule has 2 atom stereocenters. The molecule has 138 valence electrons. The summed E-state index contributed by atoms with van der Waals surface area (Å²) in [7, 11) is -7.90. The summed E-state index contributed by atoms with van der Waals surface area (Å²) in [5.74, 6) is 0.541. The van der Waals surface area contributed by atoms with Gasteiger partial charge in [-0.15, -0.1) is 0 Å². The normalized spacial score (nSPS) is 26.4. The zero-order valence-corrected chi connectivity index (χ0v) is 15.8. The largest absolute Gasteiger partial charge is 0.478 e. The highest BCUT2D eigenvalue weighted by Crippen LogP contribution is 2.58. The van der Waals surface area contributed by atoms with Crippen LogP contribution in [0, 0.1) is 0 Å². The van der Waals surface area contributed by atoms with E-state index in [4.69, 9.17) is 4.74 Å². The number of sulfonamides is 1. The highest BCUT2D eigenvalue weighted by molar-refractivity contribution is 8.06. The Bertz CT molecular complexity index is 1110. The summed E-state index contributed by atoms with van der Waals surface area (Å²) < 4.78 is 57.3. The molecule has 2 aromatic carbocycles. The van der Waals surface area contributed by atoms with Crippen LogP contribution in [0.25, 0.3) is 0 Å². The third kappa shape index (κ3) is 2.42. The standard InChI is InChI=1S/C17H18N2O5S2/c1-16-12-7-3-5-9-14(12)18-17(16,13-8-4-6-10-15(13)24-16)19-26(22,23)11-25(2,20)21/h3-10,18-19H,11H2,1-2H3/t16-,17+/m0/s1. The van der Waals surface area contributed by atoms with Crippen molar-refractivity contribution in [3.63, 3.8) is 0 Å². The van der Waals surface area contributed by atoms with E-state index in [2.05, 4.69) is 10.0 Å². The first kappa shape index (κ1) is 17.3. The molecule has 9 heteroatoms. The lowest BCUT2D eigenvalue weighted by atomic mass is 9.84. The molecule has 0 saturated heterocycles. The quantitative estimate of drug-likeness (QED) is 0.815. The summed E-state index contributed by atoms with van der Waals surface area (Å²) in [4.78, 5) is 0. The van der Waals surface area contributed by atoms with Gasteiger partial charge in [0, 0.05) is 23.1 Å². The first-order valence-corrected chi connectivity index (χ1v) is 11.6. The molecule has 2 heterocycles. The van der Waals surface area contributed by atoms with E-state index >= 15 is 0 Å². The third-order valence-corrected chi connectivity index (χ3v) is 8.33. The maximum atomic E-state index is 12.7. The molecule has 0 radical (unpaired) electrons. The predicted octanol–water partition coefficient (Wildman–Crippen LogP) is 1.49. The van der Waals surface area contributed by atoms with Gasteiger partial charge in [-0.3, -0.25) is 0 Å². The molecule has 26 heavy (non-hydrogen) atoms. The Morgan fingerprint density at radius 1 is 1.00 bits per heavy atom. The lowest BCUT2D eigenvalue weighted by molar-refractivity contribution is 0.0494. The van der Waals surface area contributed by atoms with Gasteiger partial charge in [-0.05, 0) is 19.1 Å². The lowest BCUT2D eigenvalue weighted by Crippen LogP contribution is -2.59. The van der Waals surface area contributed by atoms with E-state index in [1.807, 2.05) is 24.3 Å². The molecule has 0 spiro atoms. The Kier molecular flexibility index (Phi) is 3.47. The van der Waals surface area contributed by atoms with E-state index in [-0.39, 0.29) is 0 Å². The van der Waals surface area contributed by atoms with Crippen molar-refractivity contribution in [1.29, 1.82) is 0 Å². The molecule has 0 bridgehead atoms. The highest BCUT2D eigenvalue weighted by Gasteiger charge is 2.65. The SMILES string of the molecule is C[C@@]12Oc3ccccc3[C@]1(NS(=O)(=O)CS(C)(=O)=O)Nc1ccccc12. The summed E-state index contributed by atoms with van der Waals surface area (Å²) in [6.07, 6.45) is 0.888. The molecular formula is C17H18N2O5S2. The van der Waals surface area contributed by atoms with Gasteiger partial charge in [0.15, 0.2) is 26.2 Å². The molecule has 4 rings (SSSR count). The molecule has 2 aliphatic heterocycles. The average molecular weight is 394 g/mol. The van der Waals surface area contributed by atoms with Gasteiger partial charge >= 0.3 is 0 Å². The van der Waals surface area contributed by atoms with E-state index in [0.717, 1.165) is 17.5 Å². The number of rotatable bonds is 4. The molecule has 2 aliphatic rings. The van der Waals surface area contributed by atoms with Crippen LogP contribution in [-0.2, 0) is 31.1 Å². The summed E-state index contributed by atoms with van der Waals surface area (Å²) in [6, 6.07) is 14.5. The third-order valence-electron chi connectivity index (χ3n) is 4.76. The van der Waals surface area contributed by atoms with Gasteiger partial charge in [0.2, 0.25) is 10.0 Å². The number of ether oxygens (including phenoxy) is 1. The second-order valence-corrected chi connectivity index (χ2v) is 11.0. The van der Waals surface area contributed by atoms with Crippen molar-refractivity contribution in [3.05, 3.63) is 59.7 Å². The van der Waals surface area contributed by atoms with Crippen molar-refractivity contribution < 1.29 is 21.6 Å². The monoisotopic (exact) mass is 394 g/mol. The first-order chi connectivity index (χ1) is 12.1. The van der Waals surface area contributed by atoms with Crippen LogP contribution in [0.1, 0.15) is 18.1 Å². The van der Waals surface area contributed by atoms with E-state index in [1.54, 1.807) is 31.2 Å². The van der Waals surface area contributed by atoms with Crippen LogP contribution < -0.4 is 14.8 Å². The van der Waals surface area contributed by atoms with E-state index < -0.39 is 36.2 Å². The topological polar surface area (TPSA) is 102 Å². The van der Waals surface area contributed by atoms with Crippen molar-refractivity contribution in [2.45, 2.75) is 18.2 Å².